The van der Waals surface area contributed by atoms with Crippen LogP contribution >= 0.6 is 0 Å². The molecule has 1 amide bonds. The number of benzene rings is 2. The molecule has 2 bridgehead atoms. The minimum atomic E-state index is -0.864. The molecule has 1 aliphatic heterocycles. The van der Waals surface area contributed by atoms with Crippen LogP contribution in [0.3, 0.4) is 0 Å². The van der Waals surface area contributed by atoms with Crippen LogP contribution in [-0.4, -0.2) is 97.6 Å². The maximum absolute atomic E-state index is 14.4. The lowest BCUT2D eigenvalue weighted by atomic mass is 9.45. The summed E-state index contributed by atoms with van der Waals surface area (Å²) in [5.41, 5.74) is 4.46. The van der Waals surface area contributed by atoms with E-state index < -0.39 is 30.4 Å². The molecule has 2 aromatic rings. The van der Waals surface area contributed by atoms with Crippen molar-refractivity contribution in [3.63, 3.8) is 0 Å². The van der Waals surface area contributed by atoms with Gasteiger partial charge in [0.15, 0.2) is 0 Å². The summed E-state index contributed by atoms with van der Waals surface area (Å²) in [6, 6.07) is 15.9. The third kappa shape index (κ3) is 10.2. The van der Waals surface area contributed by atoms with Gasteiger partial charge in [-0.05, 0) is 102 Å². The first-order valence-corrected chi connectivity index (χ1v) is 21.2. The van der Waals surface area contributed by atoms with Crippen LogP contribution in [0.15, 0.2) is 48.5 Å². The van der Waals surface area contributed by atoms with Crippen molar-refractivity contribution in [1.82, 2.24) is 15.7 Å². The lowest BCUT2D eigenvalue weighted by Gasteiger charge is -2.62. The number of fused-ring (bicyclic) bond motifs is 2. The Labute approximate surface area is 337 Å². The molecule has 56 heavy (non-hydrogen) atoms. The highest BCUT2D eigenvalue weighted by Gasteiger charge is 2.57. The van der Waals surface area contributed by atoms with Gasteiger partial charge in [-0.1, -0.05) is 84.9 Å². The molecule has 0 aromatic heterocycles. The fourth-order valence-electron chi connectivity index (χ4n) is 10.2. The lowest BCUT2D eigenvalue weighted by Crippen LogP contribution is -2.62. The average Bonchev–Trinajstić information content (AvgIpc) is 3.52. The summed E-state index contributed by atoms with van der Waals surface area (Å²) < 4.78 is 6.44. The normalized spacial score (nSPS) is 28.9. The summed E-state index contributed by atoms with van der Waals surface area (Å²) in [7, 11) is 5.79. The number of hydroxylamine groups is 2. The molecule has 4 fully saturated rings. The molecular weight excluding hydrogens is 705 g/mol. The minimum Gasteiger partial charge on any atom is -0.394 e. The first-order valence-electron chi connectivity index (χ1n) is 21.2. The van der Waals surface area contributed by atoms with E-state index in [1.54, 1.807) is 19.1 Å². The van der Waals surface area contributed by atoms with E-state index in [9.17, 15) is 20.1 Å². The van der Waals surface area contributed by atoms with Crippen LogP contribution < -0.4 is 15.5 Å². The summed E-state index contributed by atoms with van der Waals surface area (Å²) in [4.78, 5) is 22.8. The topological polar surface area (TPSA) is 127 Å². The molecule has 1 saturated heterocycles. The van der Waals surface area contributed by atoms with E-state index in [0.29, 0.717) is 36.3 Å². The van der Waals surface area contributed by atoms with Crippen molar-refractivity contribution in [2.24, 2.45) is 40.4 Å². The van der Waals surface area contributed by atoms with Crippen molar-refractivity contribution in [2.45, 2.75) is 130 Å². The van der Waals surface area contributed by atoms with Crippen LogP contribution in [0.4, 0.5) is 5.69 Å². The summed E-state index contributed by atoms with van der Waals surface area (Å²) in [6.45, 7) is 18.2. The van der Waals surface area contributed by atoms with Crippen LogP contribution in [0, 0.1) is 40.4 Å². The number of hydrogen-bond acceptors (Lipinski definition) is 9. The zero-order valence-corrected chi connectivity index (χ0v) is 36.2. The molecule has 4 unspecified atom stereocenters. The minimum absolute atomic E-state index is 0.0429. The smallest absolute Gasteiger partial charge is 0.240 e. The molecule has 2 aromatic carbocycles. The van der Waals surface area contributed by atoms with E-state index in [1.165, 1.54) is 12.0 Å². The van der Waals surface area contributed by atoms with E-state index in [1.807, 2.05) is 38.4 Å². The number of ether oxygens (including phenoxy) is 1. The van der Waals surface area contributed by atoms with Gasteiger partial charge in [0.1, 0.15) is 18.4 Å². The SMILES string of the molecule is COC(C(C)CN1O[C@@H](CO)[C@@H]([C@H](C)O)[C@H]1C(=O)N[C@H]1C[C@H]2C[C@H]([C@@H]1C)C2(C)C)C(CCC(C)(C)C)c1cc(C(O)NCCc2ccccc2)cc(N(C)C)c1. The maximum atomic E-state index is 14.4. The van der Waals surface area contributed by atoms with Crippen molar-refractivity contribution in [3.8, 4) is 0 Å². The van der Waals surface area contributed by atoms with Gasteiger partial charge in [0.25, 0.3) is 0 Å². The van der Waals surface area contributed by atoms with Crippen LogP contribution in [-0.2, 0) is 20.8 Å². The summed E-state index contributed by atoms with van der Waals surface area (Å²) >= 11 is 0. The summed E-state index contributed by atoms with van der Waals surface area (Å²) in [5, 5.41) is 41.4. The zero-order valence-electron chi connectivity index (χ0n) is 36.2. The van der Waals surface area contributed by atoms with Crippen LogP contribution in [0.2, 0.25) is 0 Å². The predicted octanol–water partition coefficient (Wildman–Crippen LogP) is 6.30. The highest BCUT2D eigenvalue weighted by atomic mass is 16.7. The van der Waals surface area contributed by atoms with Gasteiger partial charge in [-0.3, -0.25) is 14.9 Å². The van der Waals surface area contributed by atoms with Gasteiger partial charge < -0.3 is 30.3 Å². The number of carbonyl (C=O) groups excluding carboxylic acids is 1. The summed E-state index contributed by atoms with van der Waals surface area (Å²) in [6.07, 6.45) is 2.07. The highest BCUT2D eigenvalue weighted by molar-refractivity contribution is 5.82. The number of amides is 1. The number of anilines is 1. The third-order valence-electron chi connectivity index (χ3n) is 13.8. The van der Waals surface area contributed by atoms with E-state index in [4.69, 9.17) is 9.57 Å². The number of nitrogens with zero attached hydrogens (tertiary/aromatic N) is 2. The second kappa shape index (κ2) is 18.6. The Morgan fingerprint density at radius 1 is 1.07 bits per heavy atom. The molecule has 3 aliphatic carbocycles. The molecule has 10 nitrogen and oxygen atoms in total. The van der Waals surface area contributed by atoms with Crippen molar-refractivity contribution >= 4 is 11.6 Å². The number of aliphatic hydroxyl groups excluding tert-OH is 3. The van der Waals surface area contributed by atoms with Gasteiger partial charge in [0, 0.05) is 57.9 Å². The van der Waals surface area contributed by atoms with E-state index >= 15 is 0 Å². The first kappa shape index (κ1) is 44.5. The van der Waals surface area contributed by atoms with E-state index in [0.717, 1.165) is 42.5 Å². The van der Waals surface area contributed by atoms with Crippen LogP contribution in [0.5, 0.6) is 0 Å². The van der Waals surface area contributed by atoms with Gasteiger partial charge in [0.05, 0.1) is 18.8 Å². The Morgan fingerprint density at radius 3 is 2.32 bits per heavy atom. The monoisotopic (exact) mass is 779 g/mol. The Hall–Kier alpha value is -2.57. The first-order chi connectivity index (χ1) is 26.4. The standard InChI is InChI=1S/C46H74N4O6/c1-28(26-50-41(40(30(3)52)39(27-51)56-50)44(54)48-38-25-34-24-37(29(38)2)46(34,7)8)42(55-11)36(17-19-45(4,5)6)32-21-33(23-35(22-32)49(9)10)43(53)47-20-18-31-15-13-12-14-16-31/h12-16,21-23,28-30,34,36-43,47,51-53H,17-20,24-27H2,1-11H3,(H,48,54)/t28?,29-,30-,34+,36?,37+,38-,39-,40+,41-,42?,43?/m0/s1. The molecule has 1 heterocycles. The predicted molar refractivity (Wildman–Crippen MR) is 224 cm³/mol. The number of carbonyl (C=O) groups is 1. The Balaban J connectivity index is 1.40. The van der Waals surface area contributed by atoms with E-state index in [2.05, 4.69) is 88.3 Å². The molecule has 6 rings (SSSR count). The van der Waals surface area contributed by atoms with Gasteiger partial charge in [0.2, 0.25) is 5.91 Å². The lowest BCUT2D eigenvalue weighted by molar-refractivity contribution is -0.187. The van der Waals surface area contributed by atoms with Gasteiger partial charge in [-0.2, -0.15) is 5.06 Å². The molecule has 3 saturated carbocycles. The third-order valence-corrected chi connectivity index (χ3v) is 13.8. The van der Waals surface area contributed by atoms with Gasteiger partial charge in [-0.25, -0.2) is 0 Å². The molecule has 4 aliphatic rings. The maximum Gasteiger partial charge on any atom is 0.240 e. The van der Waals surface area contributed by atoms with Crippen molar-refractivity contribution < 1.29 is 29.7 Å². The number of rotatable bonds is 18. The fourth-order valence-corrected chi connectivity index (χ4v) is 10.2. The molecule has 0 spiro atoms. The van der Waals surface area contributed by atoms with Gasteiger partial charge >= 0.3 is 0 Å². The second-order valence-corrected chi connectivity index (χ2v) is 19.5. The quantitative estimate of drug-likeness (QED) is 0.111. The molecule has 314 valence electrons. The highest BCUT2D eigenvalue weighted by Crippen LogP contribution is 2.61. The largest absolute Gasteiger partial charge is 0.394 e. The van der Waals surface area contributed by atoms with Crippen molar-refractivity contribution in [1.29, 1.82) is 0 Å². The Kier molecular flexibility index (Phi) is 14.8. The zero-order chi connectivity index (χ0) is 41.1. The number of hydrogen-bond donors (Lipinski definition) is 5. The van der Waals surface area contributed by atoms with Crippen LogP contribution in [0.1, 0.15) is 110 Å². The molecule has 10 heteroatoms. The summed E-state index contributed by atoms with van der Waals surface area (Å²) in [5.74, 6) is 0.621. The molecule has 0 radical (unpaired) electrons. The van der Waals surface area contributed by atoms with Crippen molar-refractivity contribution in [2.75, 3.05) is 45.8 Å². The second-order valence-electron chi connectivity index (χ2n) is 19.5. The number of nitrogens with one attached hydrogen (secondary N) is 2. The fraction of sp³-hybridized carbons (Fsp3) is 0.717. The average molecular weight is 779 g/mol. The number of methoxy groups -OCH3 is 1. The molecular formula is C46H74N4O6. The van der Waals surface area contributed by atoms with Gasteiger partial charge in [-0.15, -0.1) is 0 Å². The Bertz CT molecular complexity index is 1560. The van der Waals surface area contributed by atoms with Crippen LogP contribution in [0.25, 0.3) is 0 Å². The molecule has 12 atom stereocenters. The van der Waals surface area contributed by atoms with E-state index in [-0.39, 0.29) is 41.9 Å². The molecule has 5 N–H and O–H groups in total. The number of aliphatic hydroxyl groups is 3. The van der Waals surface area contributed by atoms with Crippen molar-refractivity contribution in [3.05, 3.63) is 65.2 Å². The Morgan fingerprint density at radius 2 is 1.75 bits per heavy atom.